The fourth-order valence-corrected chi connectivity index (χ4v) is 3.83. The van der Waals surface area contributed by atoms with Crippen molar-refractivity contribution in [3.63, 3.8) is 0 Å². The number of nitrogens with zero attached hydrogens (tertiary/aromatic N) is 6. The van der Waals surface area contributed by atoms with Crippen LogP contribution < -0.4 is 9.47 Å². The molecule has 0 bridgehead atoms. The van der Waals surface area contributed by atoms with Gasteiger partial charge in [0, 0.05) is 13.2 Å². The van der Waals surface area contributed by atoms with Gasteiger partial charge in [0.05, 0.1) is 53.9 Å². The Hall–Kier alpha value is -5.55. The molecule has 0 aliphatic heterocycles. The maximum absolute atomic E-state index is 11.0. The van der Waals surface area contributed by atoms with E-state index in [1.54, 1.807) is 7.11 Å². The highest BCUT2D eigenvalue weighted by Crippen LogP contribution is 2.29. The van der Waals surface area contributed by atoms with Gasteiger partial charge in [0.1, 0.15) is 18.1 Å². The molecule has 0 radical (unpaired) electrons. The summed E-state index contributed by atoms with van der Waals surface area (Å²) in [5, 5.41) is 26.0. The number of ether oxygens (including phenoxy) is 4. The molecular formula is C35H36N6O5. The number of unbranched alkanes of at least 4 members (excludes halogenated alkanes) is 1. The number of methoxy groups -OCH3 is 1. The molecule has 0 aliphatic carbocycles. The van der Waals surface area contributed by atoms with E-state index in [-0.39, 0.29) is 0 Å². The Morgan fingerprint density at radius 2 is 1.07 bits per heavy atom. The zero-order valence-electron chi connectivity index (χ0n) is 25.9. The first-order valence-electron chi connectivity index (χ1n) is 14.7. The lowest BCUT2D eigenvalue weighted by Crippen LogP contribution is -2.04. The standard InChI is InChI=1S/C35H36N6O5/c1-4-35(42)46-22-6-5-21-44-32-16-11-30(12-17-32)38-40-31-15-20-34(26(2)25-31)41-39-28-9-7-27(8-10-28)36-37-29-13-18-33(19-14-29)45-24-23-43-3/h4,7-20,25H,1,5-6,21-24H2,2-3H3. The number of rotatable bonds is 17. The molecule has 4 rings (SSSR count). The molecule has 11 heteroatoms. The average molecular weight is 621 g/mol. The predicted molar refractivity (Wildman–Crippen MR) is 176 cm³/mol. The molecule has 46 heavy (non-hydrogen) atoms. The van der Waals surface area contributed by atoms with Crippen LogP contribution in [0, 0.1) is 6.92 Å². The summed E-state index contributed by atoms with van der Waals surface area (Å²) in [6.07, 6.45) is 2.64. The Kier molecular flexibility index (Phi) is 13.3. The molecule has 11 nitrogen and oxygen atoms in total. The van der Waals surface area contributed by atoms with Crippen LogP contribution in [-0.4, -0.2) is 39.5 Å². The second kappa shape index (κ2) is 18.3. The molecule has 0 fully saturated rings. The van der Waals surface area contributed by atoms with Crippen molar-refractivity contribution >= 4 is 40.1 Å². The van der Waals surface area contributed by atoms with Crippen molar-refractivity contribution in [2.75, 3.05) is 33.5 Å². The van der Waals surface area contributed by atoms with Gasteiger partial charge in [-0.3, -0.25) is 0 Å². The minimum atomic E-state index is -0.412. The van der Waals surface area contributed by atoms with Crippen molar-refractivity contribution in [3.05, 3.63) is 109 Å². The van der Waals surface area contributed by atoms with Crippen LogP contribution in [0.1, 0.15) is 18.4 Å². The molecule has 0 heterocycles. The summed E-state index contributed by atoms with van der Waals surface area (Å²) in [4.78, 5) is 11.0. The molecule has 0 spiro atoms. The van der Waals surface area contributed by atoms with E-state index in [2.05, 4.69) is 37.3 Å². The summed E-state index contributed by atoms with van der Waals surface area (Å²) in [7, 11) is 1.64. The lowest BCUT2D eigenvalue weighted by atomic mass is 10.2. The first-order valence-corrected chi connectivity index (χ1v) is 14.7. The minimum absolute atomic E-state index is 0.351. The molecule has 0 saturated carbocycles. The molecule has 0 N–H and O–H groups in total. The van der Waals surface area contributed by atoms with Crippen LogP contribution in [0.2, 0.25) is 0 Å². The Morgan fingerprint density at radius 1 is 0.609 bits per heavy atom. The average Bonchev–Trinajstić information content (AvgIpc) is 3.09. The van der Waals surface area contributed by atoms with Gasteiger partial charge < -0.3 is 18.9 Å². The topological polar surface area (TPSA) is 128 Å². The van der Waals surface area contributed by atoms with E-state index in [4.69, 9.17) is 18.9 Å². The van der Waals surface area contributed by atoms with Gasteiger partial charge in [0.15, 0.2) is 0 Å². The van der Waals surface area contributed by atoms with Crippen LogP contribution >= 0.6 is 0 Å². The molecule has 0 amide bonds. The Morgan fingerprint density at radius 3 is 1.59 bits per heavy atom. The monoisotopic (exact) mass is 620 g/mol. The van der Waals surface area contributed by atoms with E-state index in [1.807, 2.05) is 97.9 Å². The van der Waals surface area contributed by atoms with Gasteiger partial charge >= 0.3 is 5.97 Å². The van der Waals surface area contributed by atoms with Gasteiger partial charge in [-0.05, 0) is 116 Å². The quantitative estimate of drug-likeness (QED) is 0.0502. The van der Waals surface area contributed by atoms with Gasteiger partial charge in [-0.2, -0.15) is 30.7 Å². The molecule has 0 aromatic heterocycles. The van der Waals surface area contributed by atoms with Gasteiger partial charge in [0.2, 0.25) is 0 Å². The number of azo groups is 3. The Bertz CT molecular complexity index is 1640. The number of esters is 1. The molecule has 236 valence electrons. The number of benzene rings is 4. The van der Waals surface area contributed by atoms with Crippen LogP contribution in [0.15, 0.2) is 134 Å². The van der Waals surface area contributed by atoms with Crippen molar-refractivity contribution in [1.29, 1.82) is 0 Å². The first-order chi connectivity index (χ1) is 22.5. The zero-order chi connectivity index (χ0) is 32.4. The highest BCUT2D eigenvalue weighted by molar-refractivity contribution is 5.81. The number of aryl methyl sites for hydroxylation is 1. The van der Waals surface area contributed by atoms with Crippen LogP contribution in [-0.2, 0) is 14.3 Å². The number of hydrogen-bond donors (Lipinski definition) is 0. The largest absolute Gasteiger partial charge is 0.494 e. The van der Waals surface area contributed by atoms with Gasteiger partial charge in [-0.1, -0.05) is 6.58 Å². The van der Waals surface area contributed by atoms with Crippen molar-refractivity contribution in [3.8, 4) is 11.5 Å². The first kappa shape index (κ1) is 33.3. The van der Waals surface area contributed by atoms with Crippen LogP contribution in [0.5, 0.6) is 11.5 Å². The number of carbonyl (C=O) groups is 1. The third-order valence-corrected chi connectivity index (χ3v) is 6.31. The summed E-state index contributed by atoms with van der Waals surface area (Å²) < 4.78 is 21.2. The molecule has 4 aromatic carbocycles. The summed E-state index contributed by atoms with van der Waals surface area (Å²) in [5.41, 5.74) is 5.18. The van der Waals surface area contributed by atoms with E-state index < -0.39 is 5.97 Å². The Balaban J connectivity index is 1.23. The molecule has 0 unspecified atom stereocenters. The lowest BCUT2D eigenvalue weighted by molar-refractivity contribution is -0.137. The summed E-state index contributed by atoms with van der Waals surface area (Å²) in [6, 6.07) is 27.7. The molecule has 4 aromatic rings. The third-order valence-electron chi connectivity index (χ3n) is 6.31. The summed E-state index contributed by atoms with van der Waals surface area (Å²) in [6.45, 7) is 7.22. The predicted octanol–water partition coefficient (Wildman–Crippen LogP) is 10.2. The maximum atomic E-state index is 11.0. The fourth-order valence-electron chi connectivity index (χ4n) is 3.83. The summed E-state index contributed by atoms with van der Waals surface area (Å²) in [5.74, 6) is 1.08. The van der Waals surface area contributed by atoms with Gasteiger partial charge in [0.25, 0.3) is 0 Å². The lowest BCUT2D eigenvalue weighted by Gasteiger charge is -2.06. The van der Waals surface area contributed by atoms with Crippen LogP contribution in [0.25, 0.3) is 0 Å². The second-order valence-corrected chi connectivity index (χ2v) is 9.84. The van der Waals surface area contributed by atoms with E-state index in [0.717, 1.165) is 47.4 Å². The van der Waals surface area contributed by atoms with E-state index >= 15 is 0 Å². The highest BCUT2D eigenvalue weighted by Gasteiger charge is 2.02. The normalized spacial score (nSPS) is 11.3. The third kappa shape index (κ3) is 11.5. The van der Waals surface area contributed by atoms with Crippen molar-refractivity contribution in [2.45, 2.75) is 19.8 Å². The van der Waals surface area contributed by atoms with Gasteiger partial charge in [-0.25, -0.2) is 4.79 Å². The van der Waals surface area contributed by atoms with E-state index in [9.17, 15) is 4.79 Å². The van der Waals surface area contributed by atoms with Crippen molar-refractivity contribution in [2.24, 2.45) is 30.7 Å². The SMILES string of the molecule is C=CC(=O)OCCCCOc1ccc(N=Nc2ccc(N=Nc3ccc(N=Nc4ccc(OCCOC)cc4)cc3)c(C)c2)cc1. The second-order valence-electron chi connectivity index (χ2n) is 9.84. The molecular weight excluding hydrogens is 584 g/mol. The Labute approximate surface area is 268 Å². The van der Waals surface area contributed by atoms with Crippen molar-refractivity contribution < 1.29 is 23.7 Å². The zero-order valence-corrected chi connectivity index (χ0v) is 25.9. The number of hydrogen-bond acceptors (Lipinski definition) is 11. The minimum Gasteiger partial charge on any atom is -0.494 e. The van der Waals surface area contributed by atoms with Crippen LogP contribution in [0.4, 0.5) is 34.1 Å². The van der Waals surface area contributed by atoms with Crippen LogP contribution in [0.3, 0.4) is 0 Å². The molecule has 0 aliphatic rings. The molecule has 0 atom stereocenters. The number of carbonyl (C=O) groups excluding carboxylic acids is 1. The van der Waals surface area contributed by atoms with E-state index in [0.29, 0.717) is 49.2 Å². The maximum Gasteiger partial charge on any atom is 0.330 e. The molecule has 0 saturated heterocycles. The van der Waals surface area contributed by atoms with Gasteiger partial charge in [-0.15, -0.1) is 0 Å². The highest BCUT2D eigenvalue weighted by atomic mass is 16.5. The van der Waals surface area contributed by atoms with Crippen molar-refractivity contribution in [1.82, 2.24) is 0 Å². The summed E-state index contributed by atoms with van der Waals surface area (Å²) >= 11 is 0. The van der Waals surface area contributed by atoms with E-state index in [1.165, 1.54) is 0 Å². The fraction of sp³-hybridized carbons (Fsp3) is 0.229. The smallest absolute Gasteiger partial charge is 0.330 e.